The van der Waals surface area contributed by atoms with Gasteiger partial charge in [0.25, 0.3) is 11.8 Å². The number of benzene rings is 3. The molecular formula is C27H20ClN3O3S. The standard InChI is InChI=1S/C27H20ClN3O3S/c28-21-10-7-18(8-11-21)17-31-23-14-20(26(32)30-16-19-4-3-13-29-15-19)9-12-25(23)35(34)24-6-2-1-5-22(24)27(31)33/h1-15H,16-17H2,(H,30,32)/t35-/m1/s1. The highest BCUT2D eigenvalue weighted by atomic mass is 35.5. The molecule has 6 nitrogen and oxygen atoms in total. The van der Waals surface area contributed by atoms with Crippen LogP contribution in [0.5, 0.6) is 0 Å². The summed E-state index contributed by atoms with van der Waals surface area (Å²) in [6.45, 7) is 0.545. The fraction of sp³-hybridized carbons (Fsp3) is 0.0741. The highest BCUT2D eigenvalue weighted by Gasteiger charge is 2.31. The molecule has 8 heteroatoms. The molecule has 0 aliphatic carbocycles. The van der Waals surface area contributed by atoms with Crippen molar-refractivity contribution >= 4 is 39.9 Å². The Bertz CT molecular complexity index is 1440. The summed E-state index contributed by atoms with van der Waals surface area (Å²) >= 11 is 6.04. The molecule has 0 saturated heterocycles. The number of halogens is 1. The second kappa shape index (κ2) is 9.82. The molecule has 0 spiro atoms. The predicted octanol–water partition coefficient (Wildman–Crippen LogP) is 4.99. The summed E-state index contributed by atoms with van der Waals surface area (Å²) in [5.74, 6) is -0.585. The van der Waals surface area contributed by atoms with E-state index in [1.165, 1.54) is 0 Å². The van der Waals surface area contributed by atoms with Crippen molar-refractivity contribution in [1.82, 2.24) is 10.3 Å². The highest BCUT2D eigenvalue weighted by molar-refractivity contribution is 7.85. The van der Waals surface area contributed by atoms with Crippen molar-refractivity contribution in [2.24, 2.45) is 0 Å². The molecule has 35 heavy (non-hydrogen) atoms. The first kappa shape index (κ1) is 23.0. The molecule has 2 heterocycles. The number of carbonyl (C=O) groups is 2. The number of aromatic nitrogens is 1. The molecule has 1 aliphatic heterocycles. The number of nitrogens with zero attached hydrogens (tertiary/aromatic N) is 2. The van der Waals surface area contributed by atoms with Gasteiger partial charge >= 0.3 is 0 Å². The number of hydrogen-bond donors (Lipinski definition) is 1. The monoisotopic (exact) mass is 501 g/mol. The van der Waals surface area contributed by atoms with Gasteiger partial charge in [0.1, 0.15) is 0 Å². The van der Waals surface area contributed by atoms with E-state index in [9.17, 15) is 13.8 Å². The normalized spacial score (nSPS) is 14.6. The van der Waals surface area contributed by atoms with Gasteiger partial charge in [-0.05, 0) is 59.7 Å². The molecule has 4 aromatic rings. The van der Waals surface area contributed by atoms with Gasteiger partial charge in [-0.15, -0.1) is 0 Å². The molecule has 0 radical (unpaired) electrons. The third kappa shape index (κ3) is 4.73. The van der Waals surface area contributed by atoms with E-state index < -0.39 is 10.8 Å². The van der Waals surface area contributed by atoms with Gasteiger partial charge in [0, 0.05) is 29.5 Å². The van der Waals surface area contributed by atoms with Gasteiger partial charge < -0.3 is 10.2 Å². The summed E-state index contributed by atoms with van der Waals surface area (Å²) in [5.41, 5.74) is 2.90. The second-order valence-corrected chi connectivity index (χ2v) is 9.86. The lowest BCUT2D eigenvalue weighted by atomic mass is 10.1. The lowest BCUT2D eigenvalue weighted by molar-refractivity contribution is 0.0947. The number of carbonyl (C=O) groups excluding carboxylic acids is 2. The largest absolute Gasteiger partial charge is 0.348 e. The molecule has 5 rings (SSSR count). The van der Waals surface area contributed by atoms with Crippen LogP contribution >= 0.6 is 11.6 Å². The maximum Gasteiger partial charge on any atom is 0.259 e. The third-order valence-corrected chi connectivity index (χ3v) is 7.46. The molecule has 1 aromatic heterocycles. The molecule has 1 N–H and O–H groups in total. The van der Waals surface area contributed by atoms with E-state index in [1.807, 2.05) is 18.2 Å². The number of anilines is 1. The predicted molar refractivity (Wildman–Crippen MR) is 135 cm³/mol. The van der Waals surface area contributed by atoms with Gasteiger partial charge in [-0.25, -0.2) is 4.21 Å². The number of rotatable bonds is 5. The van der Waals surface area contributed by atoms with Crippen LogP contribution in [0.25, 0.3) is 0 Å². The van der Waals surface area contributed by atoms with E-state index in [2.05, 4.69) is 10.3 Å². The molecule has 2 amide bonds. The fourth-order valence-corrected chi connectivity index (χ4v) is 5.39. The average molecular weight is 502 g/mol. The Hall–Kier alpha value is -3.81. The first-order chi connectivity index (χ1) is 17.0. The van der Waals surface area contributed by atoms with Crippen LogP contribution in [0.2, 0.25) is 5.02 Å². The van der Waals surface area contributed by atoms with Crippen molar-refractivity contribution < 1.29 is 13.8 Å². The number of fused-ring (bicyclic) bond motifs is 2. The number of nitrogens with one attached hydrogen (secondary N) is 1. The zero-order valence-corrected chi connectivity index (χ0v) is 20.1. The van der Waals surface area contributed by atoms with Crippen LogP contribution in [0.15, 0.2) is 101 Å². The lowest BCUT2D eigenvalue weighted by Crippen LogP contribution is -2.31. The molecule has 174 valence electrons. The van der Waals surface area contributed by atoms with Gasteiger partial charge in [-0.1, -0.05) is 41.9 Å². The van der Waals surface area contributed by atoms with E-state index in [0.29, 0.717) is 38.2 Å². The van der Waals surface area contributed by atoms with Crippen molar-refractivity contribution in [2.75, 3.05) is 4.90 Å². The van der Waals surface area contributed by atoms with Crippen LogP contribution in [0, 0.1) is 0 Å². The van der Waals surface area contributed by atoms with Crippen molar-refractivity contribution in [3.63, 3.8) is 0 Å². The van der Waals surface area contributed by atoms with Crippen LogP contribution in [0.4, 0.5) is 5.69 Å². The zero-order chi connectivity index (χ0) is 24.4. The Kier molecular flexibility index (Phi) is 6.44. The maximum atomic E-state index is 13.7. The van der Waals surface area contributed by atoms with Crippen LogP contribution in [-0.4, -0.2) is 21.0 Å². The minimum atomic E-state index is -1.59. The van der Waals surface area contributed by atoms with Gasteiger partial charge in [0.2, 0.25) is 0 Å². The number of pyridine rings is 1. The van der Waals surface area contributed by atoms with Crippen LogP contribution < -0.4 is 10.2 Å². The summed E-state index contributed by atoms with van der Waals surface area (Å²) in [6.07, 6.45) is 3.35. The Labute approximate surface area is 210 Å². The highest BCUT2D eigenvalue weighted by Crippen LogP contribution is 2.36. The van der Waals surface area contributed by atoms with Crippen molar-refractivity contribution in [2.45, 2.75) is 22.9 Å². The minimum Gasteiger partial charge on any atom is -0.348 e. The topological polar surface area (TPSA) is 79.4 Å². The smallest absolute Gasteiger partial charge is 0.259 e. The van der Waals surface area contributed by atoms with E-state index in [1.54, 1.807) is 78.0 Å². The first-order valence-electron chi connectivity index (χ1n) is 10.9. The van der Waals surface area contributed by atoms with E-state index in [-0.39, 0.29) is 18.4 Å². The summed E-state index contributed by atoms with van der Waals surface area (Å²) in [4.78, 5) is 33.2. The summed E-state index contributed by atoms with van der Waals surface area (Å²) in [5, 5.41) is 3.47. The van der Waals surface area contributed by atoms with Gasteiger partial charge in [0.15, 0.2) is 0 Å². The summed E-state index contributed by atoms with van der Waals surface area (Å²) < 4.78 is 13.5. The average Bonchev–Trinajstić information content (AvgIpc) is 2.98. The van der Waals surface area contributed by atoms with E-state index in [4.69, 9.17) is 11.6 Å². The molecule has 0 bridgehead atoms. The Morgan fingerprint density at radius 3 is 2.51 bits per heavy atom. The second-order valence-electron chi connectivity index (χ2n) is 8.01. The SMILES string of the molecule is O=C(NCc1cccnc1)c1ccc2c(c1)N(Cc1ccc(Cl)cc1)C(=O)c1ccccc1[S@]2=O. The zero-order valence-electron chi connectivity index (χ0n) is 18.5. The Morgan fingerprint density at radius 1 is 0.943 bits per heavy atom. The molecular weight excluding hydrogens is 482 g/mol. The van der Waals surface area contributed by atoms with E-state index in [0.717, 1.165) is 11.1 Å². The molecule has 1 atom stereocenters. The molecule has 1 aliphatic rings. The van der Waals surface area contributed by atoms with Crippen LogP contribution in [0.3, 0.4) is 0 Å². The van der Waals surface area contributed by atoms with Gasteiger partial charge in [-0.3, -0.25) is 14.6 Å². The van der Waals surface area contributed by atoms with Crippen molar-refractivity contribution in [3.8, 4) is 0 Å². The summed E-state index contributed by atoms with van der Waals surface area (Å²) in [7, 11) is -1.59. The fourth-order valence-electron chi connectivity index (χ4n) is 3.92. The Balaban J connectivity index is 1.54. The molecule has 0 fully saturated rings. The van der Waals surface area contributed by atoms with Crippen molar-refractivity contribution in [3.05, 3.63) is 119 Å². The number of hydrogen-bond acceptors (Lipinski definition) is 4. The quantitative estimate of drug-likeness (QED) is 0.417. The maximum absolute atomic E-state index is 13.7. The Morgan fingerprint density at radius 2 is 1.74 bits per heavy atom. The van der Waals surface area contributed by atoms with E-state index >= 15 is 0 Å². The number of amides is 2. The van der Waals surface area contributed by atoms with Gasteiger partial charge in [-0.2, -0.15) is 0 Å². The van der Waals surface area contributed by atoms with Crippen LogP contribution in [-0.2, 0) is 23.9 Å². The molecule has 3 aromatic carbocycles. The summed E-state index contributed by atoms with van der Waals surface area (Å²) in [6, 6.07) is 22.7. The van der Waals surface area contributed by atoms with Crippen LogP contribution in [0.1, 0.15) is 31.8 Å². The third-order valence-electron chi connectivity index (χ3n) is 5.70. The molecule has 0 saturated carbocycles. The van der Waals surface area contributed by atoms with Gasteiger partial charge in [0.05, 0.1) is 38.4 Å². The first-order valence-corrected chi connectivity index (χ1v) is 12.4. The van der Waals surface area contributed by atoms with Crippen molar-refractivity contribution in [1.29, 1.82) is 0 Å². The molecule has 0 unspecified atom stereocenters. The lowest BCUT2D eigenvalue weighted by Gasteiger charge is -2.23. The minimum absolute atomic E-state index is 0.231.